The van der Waals surface area contributed by atoms with Crippen LogP contribution in [0.5, 0.6) is 17.2 Å². The zero-order chi connectivity index (χ0) is 25.9. The molecule has 1 saturated heterocycles. The van der Waals surface area contributed by atoms with E-state index < -0.39 is 0 Å². The van der Waals surface area contributed by atoms with Gasteiger partial charge < -0.3 is 23.7 Å². The zero-order valence-corrected chi connectivity index (χ0v) is 21.2. The van der Waals surface area contributed by atoms with Crippen LogP contribution in [0.4, 0.5) is 4.39 Å². The van der Waals surface area contributed by atoms with Gasteiger partial charge in [0.1, 0.15) is 11.6 Å². The van der Waals surface area contributed by atoms with Crippen molar-refractivity contribution >= 4 is 16.7 Å². The van der Waals surface area contributed by atoms with Crippen LogP contribution in [0.25, 0.3) is 10.8 Å². The Kier molecular flexibility index (Phi) is 6.99. The fraction of sp³-hybridized carbons (Fsp3) is 0.310. The van der Waals surface area contributed by atoms with Gasteiger partial charge in [0.2, 0.25) is 5.75 Å². The first-order valence-electron chi connectivity index (χ1n) is 12.3. The lowest BCUT2D eigenvalue weighted by atomic mass is 9.94. The molecule has 8 heteroatoms. The Labute approximate surface area is 215 Å². The number of carbonyl (C=O) groups is 1. The molecule has 1 aliphatic heterocycles. The lowest BCUT2D eigenvalue weighted by Crippen LogP contribution is -2.38. The number of benzene rings is 3. The number of amides is 1. The van der Waals surface area contributed by atoms with E-state index in [0.717, 1.165) is 24.2 Å². The number of nitrogens with zero attached hydrogens (tertiary/aromatic N) is 3. The van der Waals surface area contributed by atoms with Crippen LogP contribution >= 0.6 is 0 Å². The SMILES string of the molecule is COc1cc(Cn2ccnc2C2CCN(C(=O)c3ccc(F)c4ccccc34)CC2)cc(OC)c1OC. The molecular weight excluding hydrogens is 473 g/mol. The molecule has 5 rings (SSSR count). The number of imidazole rings is 1. The van der Waals surface area contributed by atoms with Crippen LogP contribution in [0.2, 0.25) is 0 Å². The molecular formula is C29H30FN3O4. The minimum atomic E-state index is -0.315. The van der Waals surface area contributed by atoms with Crippen molar-refractivity contribution in [2.45, 2.75) is 25.3 Å². The number of aromatic nitrogens is 2. The van der Waals surface area contributed by atoms with Crippen molar-refractivity contribution in [2.24, 2.45) is 0 Å². The highest BCUT2D eigenvalue weighted by Crippen LogP contribution is 2.39. The van der Waals surface area contributed by atoms with Crippen molar-refractivity contribution in [2.75, 3.05) is 34.4 Å². The Morgan fingerprint density at radius 3 is 2.30 bits per heavy atom. The topological polar surface area (TPSA) is 65.8 Å². The first-order chi connectivity index (χ1) is 18.0. The Hall–Kier alpha value is -4.07. The highest BCUT2D eigenvalue weighted by molar-refractivity contribution is 6.07. The molecule has 0 N–H and O–H groups in total. The molecule has 0 atom stereocenters. The molecule has 37 heavy (non-hydrogen) atoms. The highest BCUT2D eigenvalue weighted by atomic mass is 19.1. The summed E-state index contributed by atoms with van der Waals surface area (Å²) in [6.07, 6.45) is 5.39. The summed E-state index contributed by atoms with van der Waals surface area (Å²) >= 11 is 0. The maximum absolute atomic E-state index is 14.2. The van der Waals surface area contributed by atoms with Gasteiger partial charge in [0, 0.05) is 48.9 Å². The lowest BCUT2D eigenvalue weighted by Gasteiger charge is -2.32. The first kappa shape index (κ1) is 24.6. The van der Waals surface area contributed by atoms with Gasteiger partial charge in [0.05, 0.1) is 21.3 Å². The van der Waals surface area contributed by atoms with E-state index in [9.17, 15) is 9.18 Å². The minimum Gasteiger partial charge on any atom is -0.493 e. The normalized spacial score (nSPS) is 14.1. The molecule has 0 radical (unpaired) electrons. The van der Waals surface area contributed by atoms with Gasteiger partial charge in [-0.3, -0.25) is 4.79 Å². The third kappa shape index (κ3) is 4.71. The summed E-state index contributed by atoms with van der Waals surface area (Å²) in [6.45, 7) is 1.84. The van der Waals surface area contributed by atoms with Crippen LogP contribution in [-0.2, 0) is 6.54 Å². The van der Waals surface area contributed by atoms with Crippen LogP contribution in [0.1, 0.15) is 40.5 Å². The second-order valence-electron chi connectivity index (χ2n) is 9.15. The van der Waals surface area contributed by atoms with E-state index >= 15 is 0 Å². The number of hydrogen-bond donors (Lipinski definition) is 0. The number of piperidine rings is 1. The number of hydrogen-bond acceptors (Lipinski definition) is 5. The molecule has 0 spiro atoms. The molecule has 1 aromatic heterocycles. The second kappa shape index (κ2) is 10.5. The molecule has 4 aromatic rings. The van der Waals surface area contributed by atoms with E-state index in [1.807, 2.05) is 35.5 Å². The number of fused-ring (bicyclic) bond motifs is 1. The van der Waals surface area contributed by atoms with Gasteiger partial charge in [-0.05, 0) is 48.1 Å². The highest BCUT2D eigenvalue weighted by Gasteiger charge is 2.28. The van der Waals surface area contributed by atoms with Gasteiger partial charge in [-0.25, -0.2) is 9.37 Å². The maximum Gasteiger partial charge on any atom is 0.254 e. The Morgan fingerprint density at radius 2 is 1.65 bits per heavy atom. The quantitative estimate of drug-likeness (QED) is 0.344. The Bertz CT molecular complexity index is 1400. The molecule has 0 aliphatic carbocycles. The number of ether oxygens (including phenoxy) is 3. The number of halogens is 1. The van der Waals surface area contributed by atoms with Gasteiger partial charge in [-0.1, -0.05) is 24.3 Å². The van der Waals surface area contributed by atoms with Crippen molar-refractivity contribution in [1.82, 2.24) is 14.5 Å². The molecule has 192 valence electrons. The van der Waals surface area contributed by atoms with Gasteiger partial charge in [-0.15, -0.1) is 0 Å². The summed E-state index contributed by atoms with van der Waals surface area (Å²) < 4.78 is 32.8. The summed E-state index contributed by atoms with van der Waals surface area (Å²) in [5.41, 5.74) is 1.55. The molecule has 3 aromatic carbocycles. The number of carbonyl (C=O) groups excluding carboxylic acids is 1. The summed E-state index contributed by atoms with van der Waals surface area (Å²) in [6, 6.07) is 14.0. The smallest absolute Gasteiger partial charge is 0.254 e. The largest absolute Gasteiger partial charge is 0.493 e. The number of rotatable bonds is 7. The van der Waals surface area contributed by atoms with Gasteiger partial charge in [0.15, 0.2) is 11.5 Å². The van der Waals surface area contributed by atoms with Crippen LogP contribution < -0.4 is 14.2 Å². The van der Waals surface area contributed by atoms with E-state index in [4.69, 9.17) is 14.2 Å². The summed E-state index contributed by atoms with van der Waals surface area (Å²) in [7, 11) is 4.80. The summed E-state index contributed by atoms with van der Waals surface area (Å²) in [5.74, 6) is 2.63. The van der Waals surface area contributed by atoms with Crippen molar-refractivity contribution < 1.29 is 23.4 Å². The van der Waals surface area contributed by atoms with Crippen LogP contribution in [0.3, 0.4) is 0 Å². The summed E-state index contributed by atoms with van der Waals surface area (Å²) in [5, 5.41) is 1.12. The molecule has 1 aliphatic rings. The van der Waals surface area contributed by atoms with E-state index in [-0.39, 0.29) is 17.6 Å². The predicted octanol–water partition coefficient (Wildman–Crippen LogP) is 5.27. The monoisotopic (exact) mass is 503 g/mol. The molecule has 2 heterocycles. The average molecular weight is 504 g/mol. The van der Waals surface area contributed by atoms with Crippen molar-refractivity contribution in [3.05, 3.63) is 83.7 Å². The van der Waals surface area contributed by atoms with Crippen molar-refractivity contribution in [1.29, 1.82) is 0 Å². The van der Waals surface area contributed by atoms with Crippen LogP contribution in [0, 0.1) is 5.82 Å². The molecule has 0 saturated carbocycles. The third-order valence-electron chi connectivity index (χ3n) is 7.07. The summed E-state index contributed by atoms with van der Waals surface area (Å²) in [4.78, 5) is 19.9. The third-order valence-corrected chi connectivity index (χ3v) is 7.07. The molecule has 7 nitrogen and oxygen atoms in total. The fourth-order valence-electron chi connectivity index (χ4n) is 5.20. The molecule has 1 amide bonds. The minimum absolute atomic E-state index is 0.0598. The van der Waals surface area contributed by atoms with Crippen LogP contribution in [-0.4, -0.2) is 54.8 Å². The Morgan fingerprint density at radius 1 is 0.973 bits per heavy atom. The predicted molar refractivity (Wildman–Crippen MR) is 139 cm³/mol. The van der Waals surface area contributed by atoms with E-state index in [2.05, 4.69) is 9.55 Å². The van der Waals surface area contributed by atoms with E-state index in [1.54, 1.807) is 45.6 Å². The van der Waals surface area contributed by atoms with Gasteiger partial charge in [0.25, 0.3) is 5.91 Å². The second-order valence-corrected chi connectivity index (χ2v) is 9.15. The molecule has 1 fully saturated rings. The molecule has 0 bridgehead atoms. The standard InChI is InChI=1S/C29H30FN3O4/c1-35-25-16-19(17-26(36-2)27(25)37-3)18-33-15-12-31-28(33)20-10-13-32(14-11-20)29(34)23-8-9-24(30)22-7-5-4-6-21(22)23/h4-9,12,15-17,20H,10-11,13-14,18H2,1-3H3. The maximum atomic E-state index is 14.2. The Balaban J connectivity index is 1.31. The first-order valence-corrected chi connectivity index (χ1v) is 12.3. The number of methoxy groups -OCH3 is 3. The number of likely N-dealkylation sites (tertiary alicyclic amines) is 1. The lowest BCUT2D eigenvalue weighted by molar-refractivity contribution is 0.0712. The van der Waals surface area contributed by atoms with Crippen LogP contribution in [0.15, 0.2) is 60.9 Å². The van der Waals surface area contributed by atoms with Crippen molar-refractivity contribution in [3.8, 4) is 17.2 Å². The van der Waals surface area contributed by atoms with Gasteiger partial charge in [-0.2, -0.15) is 0 Å². The fourth-order valence-corrected chi connectivity index (χ4v) is 5.20. The van der Waals surface area contributed by atoms with Gasteiger partial charge >= 0.3 is 0 Å². The zero-order valence-electron chi connectivity index (χ0n) is 21.2. The molecule has 0 unspecified atom stereocenters. The average Bonchev–Trinajstić information content (AvgIpc) is 3.40. The van der Waals surface area contributed by atoms with E-state index in [0.29, 0.717) is 53.2 Å². The van der Waals surface area contributed by atoms with Crippen molar-refractivity contribution in [3.63, 3.8) is 0 Å². The van der Waals surface area contributed by atoms with E-state index in [1.165, 1.54) is 6.07 Å².